The zero-order chi connectivity index (χ0) is 14.0. The van der Waals surface area contributed by atoms with Crippen LogP contribution in [0.4, 0.5) is 0 Å². The van der Waals surface area contributed by atoms with Gasteiger partial charge in [0.05, 0.1) is 18.8 Å². The van der Waals surface area contributed by atoms with E-state index in [0.717, 1.165) is 12.0 Å². The first-order valence-electron chi connectivity index (χ1n) is 6.75. The van der Waals surface area contributed by atoms with Crippen molar-refractivity contribution in [2.24, 2.45) is 0 Å². The largest absolute Gasteiger partial charge is 0.508 e. The van der Waals surface area contributed by atoms with Crippen LogP contribution >= 0.6 is 0 Å². The molecule has 1 N–H and O–H groups in total. The lowest BCUT2D eigenvalue weighted by molar-refractivity contribution is -0.0444. The summed E-state index contributed by atoms with van der Waals surface area (Å²) in [4.78, 5) is 14.5. The zero-order valence-electron chi connectivity index (χ0n) is 11.7. The molecule has 1 aliphatic rings. The molecule has 104 valence electrons. The summed E-state index contributed by atoms with van der Waals surface area (Å²) < 4.78 is 5.61. The molecule has 2 atom stereocenters. The molecule has 4 heteroatoms. The molecule has 4 nitrogen and oxygen atoms in total. The van der Waals surface area contributed by atoms with Crippen molar-refractivity contribution in [3.8, 4) is 5.75 Å². The molecule has 2 unspecified atom stereocenters. The number of phenols is 1. The first kappa shape index (κ1) is 13.9. The highest BCUT2D eigenvalue weighted by molar-refractivity contribution is 5.95. The van der Waals surface area contributed by atoms with Gasteiger partial charge in [0.25, 0.3) is 5.91 Å². The first-order valence-corrected chi connectivity index (χ1v) is 6.75. The van der Waals surface area contributed by atoms with E-state index in [9.17, 15) is 9.90 Å². The molecule has 1 saturated heterocycles. The topological polar surface area (TPSA) is 49.8 Å². The van der Waals surface area contributed by atoms with Gasteiger partial charge in [0.15, 0.2) is 0 Å². The van der Waals surface area contributed by atoms with Gasteiger partial charge in [-0.3, -0.25) is 4.79 Å². The Morgan fingerprint density at radius 2 is 2.26 bits per heavy atom. The monoisotopic (exact) mass is 263 g/mol. The maximum absolute atomic E-state index is 12.6. The second-order valence-corrected chi connectivity index (χ2v) is 5.16. The number of amides is 1. The first-order chi connectivity index (χ1) is 9.02. The van der Waals surface area contributed by atoms with Crippen molar-refractivity contribution in [3.63, 3.8) is 0 Å². The molecule has 0 bridgehead atoms. The van der Waals surface area contributed by atoms with Crippen LogP contribution in [0.1, 0.15) is 36.2 Å². The number of benzene rings is 1. The van der Waals surface area contributed by atoms with Crippen LogP contribution in [0, 0.1) is 6.92 Å². The van der Waals surface area contributed by atoms with E-state index >= 15 is 0 Å². The highest BCUT2D eigenvalue weighted by Gasteiger charge is 2.30. The molecule has 1 aromatic rings. The summed E-state index contributed by atoms with van der Waals surface area (Å²) in [5.74, 6) is 0.240. The van der Waals surface area contributed by atoms with Gasteiger partial charge >= 0.3 is 0 Å². The summed E-state index contributed by atoms with van der Waals surface area (Å²) in [5, 5.41) is 9.53. The lowest BCUT2D eigenvalue weighted by Crippen LogP contribution is -2.51. The van der Waals surface area contributed by atoms with Gasteiger partial charge in [-0.25, -0.2) is 0 Å². The number of ether oxygens (including phenoxy) is 1. The number of phenolic OH excluding ortho intramolecular Hbond substituents is 1. The van der Waals surface area contributed by atoms with Crippen LogP contribution < -0.4 is 0 Å². The van der Waals surface area contributed by atoms with Crippen molar-refractivity contribution >= 4 is 5.91 Å². The molecule has 2 rings (SSSR count). The van der Waals surface area contributed by atoms with E-state index in [1.165, 1.54) is 0 Å². The van der Waals surface area contributed by atoms with E-state index in [1.807, 2.05) is 11.8 Å². The third kappa shape index (κ3) is 2.89. The van der Waals surface area contributed by atoms with Crippen LogP contribution in [0.2, 0.25) is 0 Å². The number of nitrogens with zero attached hydrogens (tertiary/aromatic N) is 1. The van der Waals surface area contributed by atoms with E-state index in [2.05, 4.69) is 6.92 Å². The van der Waals surface area contributed by atoms with E-state index in [1.54, 1.807) is 25.1 Å². The molecule has 1 aliphatic heterocycles. The Morgan fingerprint density at radius 1 is 1.53 bits per heavy atom. The van der Waals surface area contributed by atoms with Crippen molar-refractivity contribution in [1.29, 1.82) is 0 Å². The Balaban J connectivity index is 2.23. The van der Waals surface area contributed by atoms with Crippen molar-refractivity contribution in [3.05, 3.63) is 29.3 Å². The average Bonchev–Trinajstić information content (AvgIpc) is 2.41. The predicted molar refractivity (Wildman–Crippen MR) is 73.4 cm³/mol. The maximum Gasteiger partial charge on any atom is 0.254 e. The average molecular weight is 263 g/mol. The second kappa shape index (κ2) is 5.61. The van der Waals surface area contributed by atoms with E-state index in [0.29, 0.717) is 18.7 Å². The van der Waals surface area contributed by atoms with E-state index < -0.39 is 0 Å². The van der Waals surface area contributed by atoms with E-state index in [4.69, 9.17) is 4.74 Å². The number of hydrogen-bond acceptors (Lipinski definition) is 3. The quantitative estimate of drug-likeness (QED) is 0.891. The smallest absolute Gasteiger partial charge is 0.254 e. The lowest BCUT2D eigenvalue weighted by atomic mass is 10.1. The SMILES string of the molecule is CCC1COC(C)CN1C(=O)c1ccc(O)c(C)c1. The molecule has 0 saturated carbocycles. The molecule has 0 spiro atoms. The fourth-order valence-corrected chi connectivity index (χ4v) is 2.39. The van der Waals surface area contributed by atoms with Crippen LogP contribution in [-0.4, -0.2) is 41.2 Å². The summed E-state index contributed by atoms with van der Waals surface area (Å²) in [5.41, 5.74) is 1.35. The maximum atomic E-state index is 12.6. The lowest BCUT2D eigenvalue weighted by Gasteiger charge is -2.38. The minimum Gasteiger partial charge on any atom is -0.508 e. The molecule has 1 fully saturated rings. The highest BCUT2D eigenvalue weighted by Crippen LogP contribution is 2.21. The molecule has 1 heterocycles. The number of hydrogen-bond donors (Lipinski definition) is 1. The van der Waals surface area contributed by atoms with Gasteiger partial charge in [-0.1, -0.05) is 6.92 Å². The Bertz CT molecular complexity index is 472. The Morgan fingerprint density at radius 3 is 2.89 bits per heavy atom. The number of carbonyl (C=O) groups is 1. The van der Waals surface area contributed by atoms with Crippen LogP contribution in [-0.2, 0) is 4.74 Å². The highest BCUT2D eigenvalue weighted by atomic mass is 16.5. The molecule has 19 heavy (non-hydrogen) atoms. The Kier molecular flexibility index (Phi) is 4.10. The number of morpholine rings is 1. The second-order valence-electron chi connectivity index (χ2n) is 5.16. The molecule has 1 amide bonds. The van der Waals surface area contributed by atoms with E-state index in [-0.39, 0.29) is 23.8 Å². The van der Waals surface area contributed by atoms with Gasteiger partial charge in [-0.05, 0) is 44.0 Å². The Labute approximate surface area is 114 Å². The Hall–Kier alpha value is -1.55. The summed E-state index contributed by atoms with van der Waals surface area (Å²) in [6.45, 7) is 7.06. The molecule has 1 aromatic carbocycles. The minimum atomic E-state index is 0.0186. The third-order valence-corrected chi connectivity index (χ3v) is 3.64. The van der Waals surface area contributed by atoms with Gasteiger partial charge in [0.2, 0.25) is 0 Å². The summed E-state index contributed by atoms with van der Waals surface area (Å²) in [6, 6.07) is 5.13. The number of rotatable bonds is 2. The van der Waals surface area contributed by atoms with Crippen LogP contribution in [0.3, 0.4) is 0 Å². The molecular weight excluding hydrogens is 242 g/mol. The zero-order valence-corrected chi connectivity index (χ0v) is 11.7. The summed E-state index contributed by atoms with van der Waals surface area (Å²) in [6.07, 6.45) is 0.958. The molecule has 0 aliphatic carbocycles. The number of aromatic hydroxyl groups is 1. The van der Waals surface area contributed by atoms with Crippen molar-refractivity contribution in [2.45, 2.75) is 39.3 Å². The van der Waals surface area contributed by atoms with Gasteiger partial charge in [0.1, 0.15) is 5.75 Å². The van der Waals surface area contributed by atoms with Crippen LogP contribution in [0.15, 0.2) is 18.2 Å². The van der Waals surface area contributed by atoms with Gasteiger partial charge < -0.3 is 14.7 Å². The van der Waals surface area contributed by atoms with Gasteiger partial charge in [0, 0.05) is 12.1 Å². The predicted octanol–water partition coefficient (Wildman–Crippen LogP) is 2.34. The standard InChI is InChI=1S/C15H21NO3/c1-4-13-9-19-11(3)8-16(13)15(18)12-5-6-14(17)10(2)7-12/h5-7,11,13,17H,4,8-9H2,1-3H3. The normalized spacial score (nSPS) is 23.4. The van der Waals surface area contributed by atoms with Gasteiger partial charge in [-0.15, -0.1) is 0 Å². The third-order valence-electron chi connectivity index (χ3n) is 3.64. The number of carbonyl (C=O) groups excluding carboxylic acids is 1. The number of aryl methyl sites for hydroxylation is 1. The van der Waals surface area contributed by atoms with Crippen molar-refractivity contribution in [1.82, 2.24) is 4.90 Å². The van der Waals surface area contributed by atoms with Crippen molar-refractivity contribution in [2.75, 3.05) is 13.2 Å². The summed E-state index contributed by atoms with van der Waals surface area (Å²) in [7, 11) is 0. The van der Waals surface area contributed by atoms with Crippen LogP contribution in [0.5, 0.6) is 5.75 Å². The molecule has 0 aromatic heterocycles. The fraction of sp³-hybridized carbons (Fsp3) is 0.533. The minimum absolute atomic E-state index is 0.0186. The fourth-order valence-electron chi connectivity index (χ4n) is 2.39. The van der Waals surface area contributed by atoms with Crippen LogP contribution in [0.25, 0.3) is 0 Å². The molecule has 0 radical (unpaired) electrons. The summed E-state index contributed by atoms with van der Waals surface area (Å²) >= 11 is 0. The van der Waals surface area contributed by atoms with Crippen molar-refractivity contribution < 1.29 is 14.6 Å². The van der Waals surface area contributed by atoms with Gasteiger partial charge in [-0.2, -0.15) is 0 Å². The molecular formula is C15H21NO3.